The quantitative estimate of drug-likeness (QED) is 0.690. The van der Waals surface area contributed by atoms with Gasteiger partial charge in [0.2, 0.25) is 5.91 Å². The Bertz CT molecular complexity index is 264. The third-order valence-electron chi connectivity index (χ3n) is 2.88. The van der Waals surface area contributed by atoms with Crippen molar-refractivity contribution in [3.05, 3.63) is 0 Å². The maximum atomic E-state index is 12.2. The van der Waals surface area contributed by atoms with E-state index in [0.717, 1.165) is 19.4 Å². The first-order chi connectivity index (χ1) is 7.97. The van der Waals surface area contributed by atoms with Gasteiger partial charge in [-0.25, -0.2) is 0 Å². The number of carbonyl (C=O) groups is 1. The molecule has 1 amide bonds. The number of nitrogens with two attached hydrogens (primary N) is 1. The Kier molecular flexibility index (Phi) is 7.65. The van der Waals surface area contributed by atoms with E-state index < -0.39 is 6.04 Å². The molecule has 3 heteroatoms. The second-order valence-corrected chi connectivity index (χ2v) is 4.87. The van der Waals surface area contributed by atoms with Gasteiger partial charge in [0.1, 0.15) is 0 Å². The molecule has 0 radical (unpaired) electrons. The second kappa shape index (κ2) is 8.14. The Morgan fingerprint density at radius 1 is 1.35 bits per heavy atom. The van der Waals surface area contributed by atoms with Gasteiger partial charge >= 0.3 is 0 Å². The Labute approximate surface area is 106 Å². The van der Waals surface area contributed by atoms with Crippen LogP contribution in [-0.4, -0.2) is 29.4 Å². The predicted molar refractivity (Wildman–Crippen MR) is 72.3 cm³/mol. The number of amides is 1. The summed E-state index contributed by atoms with van der Waals surface area (Å²) >= 11 is 0. The van der Waals surface area contributed by atoms with Crippen molar-refractivity contribution in [3.63, 3.8) is 0 Å². The number of hydrogen-bond acceptors (Lipinski definition) is 2. The highest BCUT2D eigenvalue weighted by molar-refractivity contribution is 5.82. The van der Waals surface area contributed by atoms with Crippen LogP contribution in [0.1, 0.15) is 47.0 Å². The molecule has 3 nitrogen and oxygen atoms in total. The first-order valence-electron chi connectivity index (χ1n) is 6.47. The molecule has 0 aromatic rings. The van der Waals surface area contributed by atoms with Crippen molar-refractivity contribution in [1.82, 2.24) is 4.90 Å². The van der Waals surface area contributed by atoms with Crippen LogP contribution < -0.4 is 5.73 Å². The van der Waals surface area contributed by atoms with Gasteiger partial charge in [0.15, 0.2) is 0 Å². The summed E-state index contributed by atoms with van der Waals surface area (Å²) in [6.45, 7) is 9.16. The zero-order chi connectivity index (χ0) is 13.4. The fourth-order valence-electron chi connectivity index (χ4n) is 1.97. The summed E-state index contributed by atoms with van der Waals surface area (Å²) in [4.78, 5) is 14.1. The Morgan fingerprint density at radius 2 is 1.88 bits per heavy atom. The van der Waals surface area contributed by atoms with Gasteiger partial charge in [-0.15, -0.1) is 12.3 Å². The molecular weight excluding hydrogens is 212 g/mol. The number of nitrogens with zero attached hydrogens (tertiary/aromatic N) is 1. The average molecular weight is 238 g/mol. The van der Waals surface area contributed by atoms with Crippen LogP contribution in [0.25, 0.3) is 0 Å². The molecule has 0 aliphatic carbocycles. The van der Waals surface area contributed by atoms with Gasteiger partial charge in [0.05, 0.1) is 6.04 Å². The van der Waals surface area contributed by atoms with Crippen molar-refractivity contribution in [3.8, 4) is 12.3 Å². The van der Waals surface area contributed by atoms with Crippen LogP contribution >= 0.6 is 0 Å². The van der Waals surface area contributed by atoms with Crippen molar-refractivity contribution in [2.24, 2.45) is 11.7 Å². The van der Waals surface area contributed by atoms with E-state index >= 15 is 0 Å². The molecule has 0 aromatic carbocycles. The largest absolute Gasteiger partial charge is 0.338 e. The van der Waals surface area contributed by atoms with Crippen LogP contribution in [-0.2, 0) is 4.79 Å². The number of terminal acetylenes is 1. The zero-order valence-electron chi connectivity index (χ0n) is 11.6. The van der Waals surface area contributed by atoms with E-state index in [1.165, 1.54) is 0 Å². The Morgan fingerprint density at radius 3 is 2.24 bits per heavy atom. The smallest absolute Gasteiger partial charge is 0.240 e. The number of hydrogen-bond donors (Lipinski definition) is 1. The molecule has 0 fully saturated rings. The molecule has 0 bridgehead atoms. The molecule has 0 heterocycles. The summed E-state index contributed by atoms with van der Waals surface area (Å²) in [6, 6.07) is -0.284. The van der Waals surface area contributed by atoms with E-state index in [2.05, 4.69) is 33.6 Å². The minimum atomic E-state index is -0.556. The minimum Gasteiger partial charge on any atom is -0.338 e. The van der Waals surface area contributed by atoms with Crippen LogP contribution in [0.3, 0.4) is 0 Å². The van der Waals surface area contributed by atoms with Gasteiger partial charge in [-0.2, -0.15) is 0 Å². The minimum absolute atomic E-state index is 0.00894. The highest BCUT2D eigenvalue weighted by atomic mass is 16.2. The third kappa shape index (κ3) is 5.23. The van der Waals surface area contributed by atoms with Gasteiger partial charge in [-0.1, -0.05) is 27.7 Å². The molecule has 0 spiro atoms. The Balaban J connectivity index is 4.78. The second-order valence-electron chi connectivity index (χ2n) is 4.87. The molecule has 0 aromatic heterocycles. The highest BCUT2D eigenvalue weighted by Crippen LogP contribution is 2.13. The topological polar surface area (TPSA) is 46.3 Å². The molecule has 0 aliphatic heterocycles. The summed E-state index contributed by atoms with van der Waals surface area (Å²) in [5.41, 5.74) is 5.82. The molecule has 2 N–H and O–H groups in total. The molecule has 0 aliphatic rings. The molecule has 17 heavy (non-hydrogen) atoms. The Hall–Kier alpha value is -1.01. The van der Waals surface area contributed by atoms with E-state index in [1.54, 1.807) is 0 Å². The molecular formula is C14H26N2O. The van der Waals surface area contributed by atoms with E-state index in [4.69, 9.17) is 12.2 Å². The molecule has 98 valence electrons. The molecule has 0 saturated heterocycles. The zero-order valence-corrected chi connectivity index (χ0v) is 11.6. The van der Waals surface area contributed by atoms with Crippen LogP contribution in [0.5, 0.6) is 0 Å². The predicted octanol–water partition coefficient (Wildman–Crippen LogP) is 2.01. The molecule has 1 unspecified atom stereocenters. The van der Waals surface area contributed by atoms with Crippen molar-refractivity contribution in [1.29, 1.82) is 0 Å². The van der Waals surface area contributed by atoms with E-state index in [1.807, 2.05) is 4.90 Å². The molecule has 1 atom stereocenters. The lowest BCUT2D eigenvalue weighted by atomic mass is 10.0. The van der Waals surface area contributed by atoms with Gasteiger partial charge in [0, 0.05) is 19.0 Å². The molecule has 0 saturated carbocycles. The van der Waals surface area contributed by atoms with Crippen LogP contribution in [0, 0.1) is 18.3 Å². The van der Waals surface area contributed by atoms with Crippen LogP contribution in [0.15, 0.2) is 0 Å². The summed E-state index contributed by atoms with van der Waals surface area (Å²) < 4.78 is 0. The summed E-state index contributed by atoms with van der Waals surface area (Å²) in [5, 5.41) is 0. The fourth-order valence-corrected chi connectivity index (χ4v) is 1.97. The summed E-state index contributed by atoms with van der Waals surface area (Å²) in [7, 11) is 0. The summed E-state index contributed by atoms with van der Waals surface area (Å²) in [6.07, 6.45) is 7.43. The average Bonchev–Trinajstić information content (AvgIpc) is 2.28. The number of rotatable bonds is 7. The highest BCUT2D eigenvalue weighted by Gasteiger charge is 2.25. The van der Waals surface area contributed by atoms with Crippen molar-refractivity contribution in [2.75, 3.05) is 6.54 Å². The molecule has 0 rings (SSSR count). The van der Waals surface area contributed by atoms with Gasteiger partial charge in [-0.3, -0.25) is 4.79 Å². The maximum Gasteiger partial charge on any atom is 0.240 e. The first-order valence-corrected chi connectivity index (χ1v) is 6.47. The SMILES string of the molecule is C#CCC(N)C(=O)N(CC(C)C)C(CC)CC. The van der Waals surface area contributed by atoms with Crippen molar-refractivity contribution >= 4 is 5.91 Å². The number of carbonyl (C=O) groups excluding carboxylic acids is 1. The maximum absolute atomic E-state index is 12.2. The van der Waals surface area contributed by atoms with E-state index in [-0.39, 0.29) is 11.9 Å². The van der Waals surface area contributed by atoms with Gasteiger partial charge in [0.25, 0.3) is 0 Å². The van der Waals surface area contributed by atoms with Crippen molar-refractivity contribution in [2.45, 2.75) is 59.0 Å². The van der Waals surface area contributed by atoms with Crippen molar-refractivity contribution < 1.29 is 4.79 Å². The van der Waals surface area contributed by atoms with E-state index in [9.17, 15) is 4.79 Å². The monoisotopic (exact) mass is 238 g/mol. The first kappa shape index (κ1) is 16.0. The fraction of sp³-hybridized carbons (Fsp3) is 0.786. The van der Waals surface area contributed by atoms with Crippen LogP contribution in [0.4, 0.5) is 0 Å². The van der Waals surface area contributed by atoms with Gasteiger partial charge < -0.3 is 10.6 Å². The van der Waals surface area contributed by atoms with E-state index in [0.29, 0.717) is 12.3 Å². The van der Waals surface area contributed by atoms with Gasteiger partial charge in [-0.05, 0) is 18.8 Å². The standard InChI is InChI=1S/C14H26N2O/c1-6-9-13(15)14(17)16(10-11(4)5)12(7-2)8-3/h1,11-13H,7-10,15H2,2-5H3. The normalized spacial score (nSPS) is 12.6. The lowest BCUT2D eigenvalue weighted by molar-refractivity contribution is -0.135. The summed E-state index contributed by atoms with van der Waals surface area (Å²) in [5.74, 6) is 2.89. The third-order valence-corrected chi connectivity index (χ3v) is 2.88. The van der Waals surface area contributed by atoms with Crippen LogP contribution in [0.2, 0.25) is 0 Å². The lowest BCUT2D eigenvalue weighted by Gasteiger charge is -2.33. The lowest BCUT2D eigenvalue weighted by Crippen LogP contribution is -2.49.